The highest BCUT2D eigenvalue weighted by Gasteiger charge is 2.33. The number of hydrogen-bond acceptors (Lipinski definition) is 4. The van der Waals surface area contributed by atoms with Gasteiger partial charge in [-0.3, -0.25) is 4.79 Å². The van der Waals surface area contributed by atoms with Crippen LogP contribution in [0.5, 0.6) is 11.5 Å². The van der Waals surface area contributed by atoms with E-state index in [1.165, 1.54) is 0 Å². The van der Waals surface area contributed by atoms with Crippen LogP contribution in [0.4, 0.5) is 0 Å². The predicted molar refractivity (Wildman–Crippen MR) is 65.5 cm³/mol. The number of hydrogen-bond donors (Lipinski definition) is 1. The number of fused-ring (bicyclic) bond motifs is 1. The number of carbonyl (C=O) groups excluding carboxylic acids is 1. The van der Waals surface area contributed by atoms with Crippen molar-refractivity contribution in [1.82, 2.24) is 4.90 Å². The topological polar surface area (TPSA) is 64.8 Å². The molecule has 1 amide bonds. The number of carbonyl (C=O) groups is 1. The van der Waals surface area contributed by atoms with Crippen molar-refractivity contribution in [3.8, 4) is 11.5 Å². The average Bonchev–Trinajstić information content (AvgIpc) is 2.84. The quantitative estimate of drug-likeness (QED) is 0.780. The van der Waals surface area contributed by atoms with Crippen LogP contribution in [0.2, 0.25) is 0 Å². The third-order valence-corrected chi connectivity index (χ3v) is 3.32. The lowest BCUT2D eigenvalue weighted by Crippen LogP contribution is -2.46. The number of amides is 1. The molecule has 2 aliphatic rings. The minimum atomic E-state index is -0.551. The van der Waals surface area contributed by atoms with Crippen LogP contribution >= 0.6 is 0 Å². The van der Waals surface area contributed by atoms with E-state index in [-0.39, 0.29) is 18.6 Å². The Balaban J connectivity index is 1.70. The lowest BCUT2D eigenvalue weighted by molar-refractivity contribution is -0.140. The first-order chi connectivity index (χ1) is 8.74. The number of para-hydroxylation sites is 2. The Morgan fingerprint density at radius 1 is 1.33 bits per heavy atom. The molecule has 1 fully saturated rings. The fourth-order valence-electron chi connectivity index (χ4n) is 2.33. The smallest absolute Gasteiger partial charge is 0.267 e. The maximum atomic E-state index is 12.2. The van der Waals surface area contributed by atoms with Gasteiger partial charge < -0.3 is 20.1 Å². The zero-order valence-corrected chi connectivity index (χ0v) is 10.0. The van der Waals surface area contributed by atoms with Crippen molar-refractivity contribution in [3.05, 3.63) is 24.3 Å². The number of nitrogens with two attached hydrogens (primary N) is 1. The summed E-state index contributed by atoms with van der Waals surface area (Å²) in [4.78, 5) is 14.0. The van der Waals surface area contributed by atoms with Crippen LogP contribution < -0.4 is 15.2 Å². The molecule has 0 radical (unpaired) electrons. The Bertz CT molecular complexity index is 463. The highest BCUT2D eigenvalue weighted by Crippen LogP contribution is 2.31. The molecule has 1 aromatic rings. The standard InChI is InChI=1S/C13H16N2O3/c14-9-5-6-15(7-9)13(16)12-8-17-10-3-1-2-4-11(10)18-12/h1-4,9,12H,5-8,14H2/t9-,12+/m1/s1. The van der Waals surface area contributed by atoms with Crippen LogP contribution in [0.15, 0.2) is 24.3 Å². The molecule has 0 aliphatic carbocycles. The van der Waals surface area contributed by atoms with Crippen LogP contribution in [0.1, 0.15) is 6.42 Å². The molecule has 1 aromatic carbocycles. The molecule has 2 aliphatic heterocycles. The third kappa shape index (κ3) is 2.01. The van der Waals surface area contributed by atoms with E-state index in [4.69, 9.17) is 15.2 Å². The molecule has 0 unspecified atom stereocenters. The van der Waals surface area contributed by atoms with E-state index in [0.29, 0.717) is 24.6 Å². The summed E-state index contributed by atoms with van der Waals surface area (Å²) in [5.74, 6) is 1.29. The lowest BCUT2D eigenvalue weighted by atomic mass is 10.2. The van der Waals surface area contributed by atoms with Gasteiger partial charge in [-0.15, -0.1) is 0 Å². The summed E-state index contributed by atoms with van der Waals surface area (Å²) >= 11 is 0. The molecule has 1 saturated heterocycles. The largest absolute Gasteiger partial charge is 0.485 e. The van der Waals surface area contributed by atoms with E-state index in [1.807, 2.05) is 24.3 Å². The first-order valence-electron chi connectivity index (χ1n) is 6.17. The minimum Gasteiger partial charge on any atom is -0.485 e. The van der Waals surface area contributed by atoms with Crippen molar-refractivity contribution in [2.75, 3.05) is 19.7 Å². The van der Waals surface area contributed by atoms with Gasteiger partial charge in [-0.25, -0.2) is 0 Å². The summed E-state index contributed by atoms with van der Waals surface area (Å²) in [5.41, 5.74) is 5.80. The van der Waals surface area contributed by atoms with E-state index in [0.717, 1.165) is 6.42 Å². The van der Waals surface area contributed by atoms with Gasteiger partial charge in [-0.1, -0.05) is 12.1 Å². The van der Waals surface area contributed by atoms with Gasteiger partial charge in [0.1, 0.15) is 6.61 Å². The molecule has 0 aromatic heterocycles. The zero-order chi connectivity index (χ0) is 12.5. The molecule has 0 spiro atoms. The van der Waals surface area contributed by atoms with Gasteiger partial charge in [-0.05, 0) is 18.6 Å². The Morgan fingerprint density at radius 3 is 2.83 bits per heavy atom. The SMILES string of the molecule is N[C@@H]1CCN(C(=O)[C@@H]2COc3ccccc3O2)C1. The summed E-state index contributed by atoms with van der Waals surface area (Å²) < 4.78 is 11.2. The van der Waals surface area contributed by atoms with Gasteiger partial charge in [0.25, 0.3) is 5.91 Å². The molecule has 18 heavy (non-hydrogen) atoms. The van der Waals surface area contributed by atoms with E-state index in [1.54, 1.807) is 4.90 Å². The number of nitrogens with zero attached hydrogens (tertiary/aromatic N) is 1. The monoisotopic (exact) mass is 248 g/mol. The molecule has 0 saturated carbocycles. The molecular weight excluding hydrogens is 232 g/mol. The van der Waals surface area contributed by atoms with Crippen LogP contribution in [-0.4, -0.2) is 42.6 Å². The van der Waals surface area contributed by atoms with Gasteiger partial charge in [0, 0.05) is 19.1 Å². The summed E-state index contributed by atoms with van der Waals surface area (Å²) in [6.45, 7) is 1.59. The van der Waals surface area contributed by atoms with E-state index >= 15 is 0 Å². The van der Waals surface area contributed by atoms with Crippen LogP contribution in [0.25, 0.3) is 0 Å². The second-order valence-corrected chi connectivity index (χ2v) is 4.70. The number of benzene rings is 1. The van der Waals surface area contributed by atoms with Gasteiger partial charge in [0.2, 0.25) is 6.10 Å². The Labute approximate surface area is 105 Å². The molecule has 5 heteroatoms. The van der Waals surface area contributed by atoms with Crippen LogP contribution in [0, 0.1) is 0 Å². The predicted octanol–water partition coefficient (Wildman–Crippen LogP) is 0.386. The summed E-state index contributed by atoms with van der Waals surface area (Å²) in [6, 6.07) is 7.47. The van der Waals surface area contributed by atoms with Crippen molar-refractivity contribution in [3.63, 3.8) is 0 Å². The number of rotatable bonds is 1. The number of ether oxygens (including phenoxy) is 2. The highest BCUT2D eigenvalue weighted by atomic mass is 16.6. The molecule has 2 N–H and O–H groups in total. The molecule has 3 rings (SSSR count). The molecule has 0 bridgehead atoms. The fourth-order valence-corrected chi connectivity index (χ4v) is 2.33. The van der Waals surface area contributed by atoms with E-state index in [2.05, 4.69) is 0 Å². The fraction of sp³-hybridized carbons (Fsp3) is 0.462. The zero-order valence-electron chi connectivity index (χ0n) is 10.0. The van der Waals surface area contributed by atoms with Crippen molar-refractivity contribution >= 4 is 5.91 Å². The first-order valence-corrected chi connectivity index (χ1v) is 6.17. The molecular formula is C13H16N2O3. The summed E-state index contributed by atoms with van der Waals surface area (Å²) in [5, 5.41) is 0. The Hall–Kier alpha value is -1.75. The van der Waals surface area contributed by atoms with Crippen LogP contribution in [-0.2, 0) is 4.79 Å². The third-order valence-electron chi connectivity index (χ3n) is 3.32. The van der Waals surface area contributed by atoms with Crippen molar-refractivity contribution in [2.45, 2.75) is 18.6 Å². The van der Waals surface area contributed by atoms with Crippen molar-refractivity contribution in [1.29, 1.82) is 0 Å². The minimum absolute atomic E-state index is 0.0301. The van der Waals surface area contributed by atoms with Gasteiger partial charge in [0.15, 0.2) is 11.5 Å². The Morgan fingerprint density at radius 2 is 2.11 bits per heavy atom. The first kappa shape index (κ1) is 11.3. The van der Waals surface area contributed by atoms with E-state index < -0.39 is 6.10 Å². The maximum absolute atomic E-state index is 12.2. The van der Waals surface area contributed by atoms with Crippen LogP contribution in [0.3, 0.4) is 0 Å². The van der Waals surface area contributed by atoms with Crippen molar-refractivity contribution in [2.24, 2.45) is 5.73 Å². The number of likely N-dealkylation sites (tertiary alicyclic amines) is 1. The van der Waals surface area contributed by atoms with Crippen molar-refractivity contribution < 1.29 is 14.3 Å². The van der Waals surface area contributed by atoms with Gasteiger partial charge in [-0.2, -0.15) is 0 Å². The van der Waals surface area contributed by atoms with Gasteiger partial charge in [0.05, 0.1) is 0 Å². The van der Waals surface area contributed by atoms with Gasteiger partial charge >= 0.3 is 0 Å². The maximum Gasteiger partial charge on any atom is 0.267 e. The molecule has 2 atom stereocenters. The Kier molecular flexibility index (Phi) is 2.83. The summed E-state index contributed by atoms with van der Waals surface area (Å²) in [6.07, 6.45) is 0.306. The lowest BCUT2D eigenvalue weighted by Gasteiger charge is -2.28. The molecule has 96 valence electrons. The molecule has 5 nitrogen and oxygen atoms in total. The second-order valence-electron chi connectivity index (χ2n) is 4.70. The average molecular weight is 248 g/mol. The van der Waals surface area contributed by atoms with E-state index in [9.17, 15) is 4.79 Å². The normalized spacial score (nSPS) is 26.2. The molecule has 2 heterocycles. The summed E-state index contributed by atoms with van der Waals surface area (Å²) in [7, 11) is 0. The highest BCUT2D eigenvalue weighted by molar-refractivity contribution is 5.82. The second kappa shape index (κ2) is 4.49.